The SMILES string of the molecule is Cc1cc2c(SC(C)C(C)O)nc(N)nc2s1. The number of fused-ring (bicyclic) bond motifs is 1. The fraction of sp³-hybridized carbons (Fsp3) is 0.455. The zero-order valence-corrected chi connectivity index (χ0v) is 11.6. The first-order valence-corrected chi connectivity index (χ1v) is 7.05. The average Bonchev–Trinajstić information content (AvgIpc) is 2.58. The first kappa shape index (κ1) is 12.6. The third-order valence-corrected chi connectivity index (χ3v) is 4.72. The highest BCUT2D eigenvalue weighted by Crippen LogP contribution is 2.34. The number of nitrogens with zero attached hydrogens (tertiary/aromatic N) is 2. The molecule has 0 spiro atoms. The normalized spacial score (nSPS) is 15.1. The highest BCUT2D eigenvalue weighted by Gasteiger charge is 2.16. The molecule has 2 aromatic heterocycles. The van der Waals surface area contributed by atoms with Gasteiger partial charge in [0.05, 0.1) is 6.10 Å². The molecular formula is C11H15N3OS2. The minimum absolute atomic E-state index is 0.0766. The molecule has 0 fully saturated rings. The van der Waals surface area contributed by atoms with Gasteiger partial charge in [0.15, 0.2) is 0 Å². The van der Waals surface area contributed by atoms with Crippen molar-refractivity contribution in [1.29, 1.82) is 0 Å². The lowest BCUT2D eigenvalue weighted by Gasteiger charge is -2.13. The summed E-state index contributed by atoms with van der Waals surface area (Å²) in [5, 5.41) is 11.5. The van der Waals surface area contributed by atoms with Crippen molar-refractivity contribution in [3.8, 4) is 0 Å². The molecule has 2 atom stereocenters. The van der Waals surface area contributed by atoms with Crippen molar-refractivity contribution in [2.24, 2.45) is 0 Å². The minimum Gasteiger partial charge on any atom is -0.392 e. The fourth-order valence-corrected chi connectivity index (χ4v) is 3.32. The number of nitrogen functional groups attached to an aromatic ring is 1. The van der Waals surface area contributed by atoms with Crippen LogP contribution in [-0.4, -0.2) is 26.4 Å². The van der Waals surface area contributed by atoms with E-state index < -0.39 is 0 Å². The molecule has 0 aliphatic carbocycles. The van der Waals surface area contributed by atoms with E-state index in [1.54, 1.807) is 18.3 Å². The quantitative estimate of drug-likeness (QED) is 0.661. The van der Waals surface area contributed by atoms with Gasteiger partial charge in [-0.25, -0.2) is 9.97 Å². The summed E-state index contributed by atoms with van der Waals surface area (Å²) in [6.07, 6.45) is -0.383. The maximum atomic E-state index is 9.54. The van der Waals surface area contributed by atoms with Crippen molar-refractivity contribution in [3.05, 3.63) is 10.9 Å². The number of aryl methyl sites for hydroxylation is 1. The van der Waals surface area contributed by atoms with Crippen LogP contribution >= 0.6 is 23.1 Å². The van der Waals surface area contributed by atoms with Crippen LogP contribution < -0.4 is 5.73 Å². The molecule has 2 unspecified atom stereocenters. The van der Waals surface area contributed by atoms with Crippen LogP contribution in [0.4, 0.5) is 5.95 Å². The second-order valence-electron chi connectivity index (χ2n) is 4.03. The van der Waals surface area contributed by atoms with Crippen LogP contribution in [0.3, 0.4) is 0 Å². The molecule has 17 heavy (non-hydrogen) atoms. The van der Waals surface area contributed by atoms with Gasteiger partial charge in [-0.3, -0.25) is 0 Å². The monoisotopic (exact) mass is 269 g/mol. The maximum Gasteiger partial charge on any atom is 0.222 e. The number of aliphatic hydroxyl groups is 1. The first-order valence-electron chi connectivity index (χ1n) is 5.35. The van der Waals surface area contributed by atoms with Crippen LogP contribution in [0.1, 0.15) is 18.7 Å². The smallest absolute Gasteiger partial charge is 0.222 e. The standard InChI is InChI=1S/C11H15N3OS2/c1-5-4-8-9(16-5)13-11(12)14-10(8)17-7(3)6(2)15/h4,6-7,15H,1-3H3,(H2,12,13,14). The fourth-order valence-electron chi connectivity index (χ4n) is 1.40. The number of thiophene rings is 1. The molecule has 0 saturated heterocycles. The van der Waals surface area contributed by atoms with E-state index in [9.17, 15) is 5.11 Å². The molecule has 2 rings (SSSR count). The summed E-state index contributed by atoms with van der Waals surface area (Å²) in [4.78, 5) is 10.6. The third-order valence-electron chi connectivity index (χ3n) is 2.48. The van der Waals surface area contributed by atoms with Crippen LogP contribution in [0.5, 0.6) is 0 Å². The molecule has 92 valence electrons. The van der Waals surface area contributed by atoms with E-state index in [4.69, 9.17) is 5.73 Å². The summed E-state index contributed by atoms with van der Waals surface area (Å²) >= 11 is 3.14. The number of aromatic nitrogens is 2. The van der Waals surface area contributed by atoms with E-state index in [1.807, 2.05) is 13.8 Å². The number of rotatable bonds is 3. The highest BCUT2D eigenvalue weighted by atomic mass is 32.2. The van der Waals surface area contributed by atoms with Crippen LogP contribution in [0.25, 0.3) is 10.2 Å². The van der Waals surface area contributed by atoms with Crippen molar-refractivity contribution in [2.75, 3.05) is 5.73 Å². The Morgan fingerprint density at radius 1 is 1.41 bits per heavy atom. The van der Waals surface area contributed by atoms with Crippen LogP contribution in [-0.2, 0) is 0 Å². The summed E-state index contributed by atoms with van der Waals surface area (Å²) in [5.74, 6) is 0.291. The number of hydrogen-bond acceptors (Lipinski definition) is 6. The van der Waals surface area contributed by atoms with Crippen molar-refractivity contribution in [2.45, 2.75) is 37.2 Å². The molecule has 4 nitrogen and oxygen atoms in total. The van der Waals surface area contributed by atoms with Gasteiger partial charge in [-0.05, 0) is 19.9 Å². The molecule has 2 aromatic rings. The largest absolute Gasteiger partial charge is 0.392 e. The zero-order chi connectivity index (χ0) is 12.6. The molecule has 0 amide bonds. The number of anilines is 1. The number of thioether (sulfide) groups is 1. The lowest BCUT2D eigenvalue weighted by Crippen LogP contribution is -2.15. The second-order valence-corrected chi connectivity index (χ2v) is 6.63. The lowest BCUT2D eigenvalue weighted by atomic mass is 10.3. The van der Waals surface area contributed by atoms with Gasteiger partial charge in [0.1, 0.15) is 9.86 Å². The predicted molar refractivity (Wildman–Crippen MR) is 73.6 cm³/mol. The Morgan fingerprint density at radius 2 is 2.12 bits per heavy atom. The zero-order valence-electron chi connectivity index (χ0n) is 9.97. The summed E-state index contributed by atoms with van der Waals surface area (Å²) in [7, 11) is 0. The van der Waals surface area contributed by atoms with Gasteiger partial charge in [0, 0.05) is 15.5 Å². The predicted octanol–water partition coefficient (Wildman–Crippen LogP) is 2.44. The maximum absolute atomic E-state index is 9.54. The Balaban J connectivity index is 2.44. The third kappa shape index (κ3) is 2.70. The molecule has 2 heterocycles. The van der Waals surface area contributed by atoms with Crippen LogP contribution in [0.15, 0.2) is 11.1 Å². The van der Waals surface area contributed by atoms with Gasteiger partial charge in [0.25, 0.3) is 0 Å². The molecule has 0 radical (unpaired) electrons. The van der Waals surface area contributed by atoms with Gasteiger partial charge in [-0.2, -0.15) is 0 Å². The molecule has 0 aliphatic heterocycles. The van der Waals surface area contributed by atoms with Crippen LogP contribution in [0.2, 0.25) is 0 Å². The van der Waals surface area contributed by atoms with Crippen molar-refractivity contribution in [1.82, 2.24) is 9.97 Å². The van der Waals surface area contributed by atoms with Gasteiger partial charge in [0.2, 0.25) is 5.95 Å². The van der Waals surface area contributed by atoms with E-state index in [1.165, 1.54) is 16.6 Å². The average molecular weight is 269 g/mol. The van der Waals surface area contributed by atoms with E-state index in [-0.39, 0.29) is 11.4 Å². The van der Waals surface area contributed by atoms with Crippen molar-refractivity contribution in [3.63, 3.8) is 0 Å². The number of aliphatic hydroxyl groups excluding tert-OH is 1. The molecule has 0 saturated carbocycles. The molecule has 3 N–H and O–H groups in total. The van der Waals surface area contributed by atoms with E-state index >= 15 is 0 Å². The number of hydrogen-bond donors (Lipinski definition) is 2. The second kappa shape index (κ2) is 4.80. The van der Waals surface area contributed by atoms with Gasteiger partial charge >= 0.3 is 0 Å². The Kier molecular flexibility index (Phi) is 3.56. The number of nitrogens with two attached hydrogens (primary N) is 1. The molecular weight excluding hydrogens is 254 g/mol. The van der Waals surface area contributed by atoms with Gasteiger partial charge < -0.3 is 10.8 Å². The topological polar surface area (TPSA) is 72.0 Å². The Bertz CT molecular complexity index is 539. The Hall–Kier alpha value is -0.850. The molecule has 0 bridgehead atoms. The Morgan fingerprint density at radius 3 is 2.76 bits per heavy atom. The first-order chi connectivity index (χ1) is 7.97. The molecule has 0 aliphatic rings. The molecule has 0 aromatic carbocycles. The van der Waals surface area contributed by atoms with Crippen molar-refractivity contribution < 1.29 is 5.11 Å². The van der Waals surface area contributed by atoms with Gasteiger partial charge in [-0.1, -0.05) is 18.7 Å². The van der Waals surface area contributed by atoms with Crippen molar-refractivity contribution >= 4 is 39.3 Å². The van der Waals surface area contributed by atoms with E-state index in [2.05, 4.69) is 16.0 Å². The van der Waals surface area contributed by atoms with E-state index in [0.717, 1.165) is 15.2 Å². The summed E-state index contributed by atoms with van der Waals surface area (Å²) in [6, 6.07) is 2.07. The summed E-state index contributed by atoms with van der Waals surface area (Å²) in [6.45, 7) is 5.78. The van der Waals surface area contributed by atoms with E-state index in [0.29, 0.717) is 5.95 Å². The molecule has 6 heteroatoms. The highest BCUT2D eigenvalue weighted by molar-refractivity contribution is 8.00. The lowest BCUT2D eigenvalue weighted by molar-refractivity contribution is 0.196. The summed E-state index contributed by atoms with van der Waals surface area (Å²) in [5.41, 5.74) is 5.69. The van der Waals surface area contributed by atoms with Crippen LogP contribution in [0, 0.1) is 6.92 Å². The summed E-state index contributed by atoms with van der Waals surface area (Å²) < 4.78 is 0. The van der Waals surface area contributed by atoms with Gasteiger partial charge in [-0.15, -0.1) is 11.3 Å². The minimum atomic E-state index is -0.383. The Labute approximate surface area is 108 Å².